The molecule has 1 aliphatic carbocycles. The molecule has 2 atom stereocenters. The predicted molar refractivity (Wildman–Crippen MR) is 98.6 cm³/mol. The zero-order valence-corrected chi connectivity index (χ0v) is 16.4. The number of carbonyl (C=O) groups is 4. The summed E-state index contributed by atoms with van der Waals surface area (Å²) >= 11 is 0. The van der Waals surface area contributed by atoms with Gasteiger partial charge in [0.05, 0.1) is 0 Å². The molecule has 0 bridgehead atoms. The van der Waals surface area contributed by atoms with Gasteiger partial charge < -0.3 is 15.0 Å². The van der Waals surface area contributed by atoms with E-state index in [1.807, 2.05) is 20.8 Å². The van der Waals surface area contributed by atoms with Crippen LogP contribution in [0.2, 0.25) is 0 Å². The van der Waals surface area contributed by atoms with Crippen LogP contribution < -0.4 is 5.32 Å². The largest absolute Gasteiger partial charge is 0.454 e. The Kier molecular flexibility index (Phi) is 6.62. The highest BCUT2D eigenvalue weighted by molar-refractivity contribution is 6.09. The predicted octanol–water partition coefficient (Wildman–Crippen LogP) is 1.45. The lowest BCUT2D eigenvalue weighted by atomic mass is 9.73. The first-order valence-electron chi connectivity index (χ1n) is 9.43. The molecule has 0 radical (unpaired) electrons. The maximum absolute atomic E-state index is 12.8. The third-order valence-electron chi connectivity index (χ3n) is 5.34. The average Bonchev–Trinajstić information content (AvgIpc) is 2.85. The van der Waals surface area contributed by atoms with Crippen LogP contribution in [0.1, 0.15) is 46.5 Å². The highest BCUT2D eigenvalue weighted by Crippen LogP contribution is 2.38. The second-order valence-electron chi connectivity index (χ2n) is 7.47. The third kappa shape index (κ3) is 4.48. The van der Waals surface area contributed by atoms with Crippen LogP contribution in [0.5, 0.6) is 0 Å². The van der Waals surface area contributed by atoms with E-state index in [1.54, 1.807) is 0 Å². The Morgan fingerprint density at radius 1 is 1.37 bits per heavy atom. The smallest absolute Gasteiger partial charge is 0.326 e. The number of nitrogens with zero attached hydrogens (tertiary/aromatic N) is 2. The molecule has 0 aromatic heterocycles. The van der Waals surface area contributed by atoms with Gasteiger partial charge in [-0.1, -0.05) is 31.9 Å². The van der Waals surface area contributed by atoms with Crippen LogP contribution in [-0.4, -0.2) is 65.4 Å². The van der Waals surface area contributed by atoms with Crippen molar-refractivity contribution in [3.05, 3.63) is 12.2 Å². The molecule has 8 heteroatoms. The van der Waals surface area contributed by atoms with E-state index in [-0.39, 0.29) is 17.7 Å². The Labute approximate surface area is 159 Å². The van der Waals surface area contributed by atoms with E-state index in [0.29, 0.717) is 19.5 Å². The molecule has 150 valence electrons. The van der Waals surface area contributed by atoms with Crippen LogP contribution in [0, 0.1) is 5.92 Å². The molecule has 8 nitrogen and oxygen atoms in total. The third-order valence-corrected chi connectivity index (χ3v) is 5.34. The fraction of sp³-hybridized carbons (Fsp3) is 0.684. The minimum absolute atomic E-state index is 0.0190. The van der Waals surface area contributed by atoms with E-state index < -0.39 is 30.7 Å². The van der Waals surface area contributed by atoms with E-state index in [1.165, 1.54) is 4.90 Å². The quantitative estimate of drug-likeness (QED) is 0.410. The van der Waals surface area contributed by atoms with E-state index in [9.17, 15) is 19.2 Å². The van der Waals surface area contributed by atoms with Crippen molar-refractivity contribution >= 4 is 23.8 Å². The maximum Gasteiger partial charge on any atom is 0.326 e. The molecule has 4 amide bonds. The Morgan fingerprint density at radius 3 is 2.67 bits per heavy atom. The molecule has 27 heavy (non-hydrogen) atoms. The number of hydrogen-bond acceptors (Lipinski definition) is 5. The number of nitrogens with one attached hydrogen (secondary N) is 1. The zero-order valence-electron chi connectivity index (χ0n) is 16.4. The van der Waals surface area contributed by atoms with E-state index in [2.05, 4.69) is 11.9 Å². The maximum atomic E-state index is 12.8. The standard InChI is InChI=1S/C19H29N3O5/c1-5-21(10-13(2)3)15(23)12-27-16(24)11-22-17(25)19(20-18(22)26)9-7-6-8-14(19)4/h14H,2,5-12H2,1,3-4H3,(H,20,26)/t14-,19+/m0/s1. The topological polar surface area (TPSA) is 96.0 Å². The van der Waals surface area contributed by atoms with Gasteiger partial charge in [-0.15, -0.1) is 0 Å². The Balaban J connectivity index is 1.92. The molecule has 2 fully saturated rings. The second-order valence-corrected chi connectivity index (χ2v) is 7.47. The molecule has 0 aromatic carbocycles. The molecule has 1 N–H and O–H groups in total. The average molecular weight is 379 g/mol. The van der Waals surface area contributed by atoms with E-state index in [4.69, 9.17) is 4.74 Å². The number of urea groups is 1. The van der Waals surface area contributed by atoms with Crippen LogP contribution in [0.15, 0.2) is 12.2 Å². The number of ether oxygens (including phenoxy) is 1. The first-order chi connectivity index (χ1) is 12.7. The normalized spacial score (nSPS) is 24.7. The summed E-state index contributed by atoms with van der Waals surface area (Å²) in [6.07, 6.45) is 3.32. The monoisotopic (exact) mass is 379 g/mol. The van der Waals surface area contributed by atoms with Crippen molar-refractivity contribution < 1.29 is 23.9 Å². The summed E-state index contributed by atoms with van der Waals surface area (Å²) in [5, 5.41) is 2.78. The van der Waals surface area contributed by atoms with Crippen molar-refractivity contribution in [2.45, 2.75) is 52.0 Å². The Hall–Kier alpha value is -2.38. The van der Waals surface area contributed by atoms with Crippen LogP contribution in [-0.2, 0) is 19.1 Å². The molecule has 2 rings (SSSR count). The summed E-state index contributed by atoms with van der Waals surface area (Å²) in [7, 11) is 0. The van der Waals surface area contributed by atoms with E-state index in [0.717, 1.165) is 29.7 Å². The molecular weight excluding hydrogens is 350 g/mol. The van der Waals surface area contributed by atoms with Crippen LogP contribution in [0.25, 0.3) is 0 Å². The van der Waals surface area contributed by atoms with Gasteiger partial charge in [-0.3, -0.25) is 19.3 Å². The highest BCUT2D eigenvalue weighted by atomic mass is 16.5. The first-order valence-corrected chi connectivity index (χ1v) is 9.43. The van der Waals surface area contributed by atoms with Gasteiger partial charge in [0.1, 0.15) is 12.1 Å². The van der Waals surface area contributed by atoms with Gasteiger partial charge in [0, 0.05) is 13.1 Å². The molecule has 1 spiro atoms. The van der Waals surface area contributed by atoms with Gasteiger partial charge in [-0.25, -0.2) is 4.79 Å². The SMILES string of the molecule is C=C(C)CN(CC)C(=O)COC(=O)CN1C(=O)N[C@@]2(CCCC[C@@H]2C)C1=O. The van der Waals surface area contributed by atoms with Gasteiger partial charge in [0.2, 0.25) is 0 Å². The summed E-state index contributed by atoms with van der Waals surface area (Å²) in [5.41, 5.74) is -0.0888. The zero-order chi connectivity index (χ0) is 20.2. The highest BCUT2D eigenvalue weighted by Gasteiger charge is 2.55. The lowest BCUT2D eigenvalue weighted by molar-refractivity contribution is -0.154. The van der Waals surface area contributed by atoms with E-state index >= 15 is 0 Å². The Morgan fingerprint density at radius 2 is 2.07 bits per heavy atom. The molecular formula is C19H29N3O5. The van der Waals surface area contributed by atoms with Gasteiger partial charge in [0.25, 0.3) is 11.8 Å². The minimum atomic E-state index is -0.911. The summed E-state index contributed by atoms with van der Waals surface area (Å²) in [4.78, 5) is 51.7. The molecule has 2 aliphatic rings. The molecule has 1 aliphatic heterocycles. The summed E-state index contributed by atoms with van der Waals surface area (Å²) in [6, 6.07) is -0.575. The first kappa shape index (κ1) is 20.9. The van der Waals surface area contributed by atoms with Gasteiger partial charge in [0.15, 0.2) is 6.61 Å². The van der Waals surface area contributed by atoms with Crippen molar-refractivity contribution in [2.75, 3.05) is 26.2 Å². The molecule has 0 unspecified atom stereocenters. The van der Waals surface area contributed by atoms with Gasteiger partial charge >= 0.3 is 12.0 Å². The van der Waals surface area contributed by atoms with Crippen LogP contribution >= 0.6 is 0 Å². The fourth-order valence-corrected chi connectivity index (χ4v) is 3.75. The number of rotatable bonds is 7. The lowest BCUT2D eigenvalue weighted by Gasteiger charge is -2.36. The molecule has 1 saturated carbocycles. The molecule has 1 saturated heterocycles. The Bertz CT molecular complexity index is 647. The number of esters is 1. The van der Waals surface area contributed by atoms with Crippen molar-refractivity contribution in [3.8, 4) is 0 Å². The summed E-state index contributed by atoms with van der Waals surface area (Å²) in [6.45, 7) is 9.28. The van der Waals surface area contributed by atoms with Crippen LogP contribution in [0.4, 0.5) is 4.79 Å². The number of likely N-dealkylation sites (N-methyl/N-ethyl adjacent to an activating group) is 1. The summed E-state index contributed by atoms with van der Waals surface area (Å²) < 4.78 is 5.00. The number of hydrogen-bond donors (Lipinski definition) is 1. The lowest BCUT2D eigenvalue weighted by Crippen LogP contribution is -2.54. The number of imide groups is 1. The molecule has 1 heterocycles. The van der Waals surface area contributed by atoms with Gasteiger partial charge in [-0.2, -0.15) is 0 Å². The van der Waals surface area contributed by atoms with Crippen molar-refractivity contribution in [1.29, 1.82) is 0 Å². The van der Waals surface area contributed by atoms with Gasteiger partial charge in [-0.05, 0) is 32.6 Å². The summed E-state index contributed by atoms with van der Waals surface area (Å²) in [5.74, 6) is -1.48. The fourth-order valence-electron chi connectivity index (χ4n) is 3.75. The minimum Gasteiger partial charge on any atom is -0.454 e. The van der Waals surface area contributed by atoms with Crippen LogP contribution in [0.3, 0.4) is 0 Å². The number of amides is 4. The number of carbonyl (C=O) groups excluding carboxylic acids is 4. The second kappa shape index (κ2) is 8.54. The van der Waals surface area contributed by atoms with Crippen molar-refractivity contribution in [2.24, 2.45) is 5.92 Å². The molecule has 0 aromatic rings. The van der Waals surface area contributed by atoms with Crippen molar-refractivity contribution in [3.63, 3.8) is 0 Å². The van der Waals surface area contributed by atoms with Crippen molar-refractivity contribution in [1.82, 2.24) is 15.1 Å².